The number of nitrogens with one attached hydrogen (secondary N) is 1. The van der Waals surface area contributed by atoms with Crippen LogP contribution in [0.5, 0.6) is 0 Å². The second kappa shape index (κ2) is 10.3. The summed E-state index contributed by atoms with van der Waals surface area (Å²) < 4.78 is 0. The zero-order valence-corrected chi connectivity index (χ0v) is 20.0. The second-order valence-corrected chi connectivity index (χ2v) is 10.8. The Morgan fingerprint density at radius 2 is 1.78 bits per heavy atom. The number of benzene rings is 1. The molecule has 1 saturated heterocycles. The molecule has 0 radical (unpaired) electrons. The van der Waals surface area contributed by atoms with Gasteiger partial charge in [0.2, 0.25) is 0 Å². The van der Waals surface area contributed by atoms with Crippen molar-refractivity contribution in [3.63, 3.8) is 0 Å². The molecule has 0 aliphatic carbocycles. The van der Waals surface area contributed by atoms with E-state index in [9.17, 15) is 0 Å². The van der Waals surface area contributed by atoms with Gasteiger partial charge in [-0.15, -0.1) is 0 Å². The van der Waals surface area contributed by atoms with Gasteiger partial charge in [-0.05, 0) is 61.7 Å². The molecule has 0 spiro atoms. The van der Waals surface area contributed by atoms with E-state index >= 15 is 0 Å². The maximum atomic E-state index is 6.59. The van der Waals surface area contributed by atoms with Gasteiger partial charge in [0.1, 0.15) is 16.3 Å². The predicted molar refractivity (Wildman–Crippen MR) is 135 cm³/mol. The fourth-order valence-electron chi connectivity index (χ4n) is 3.93. The van der Waals surface area contributed by atoms with E-state index < -0.39 is 0 Å². The van der Waals surface area contributed by atoms with Crippen molar-refractivity contribution in [2.75, 3.05) is 18.0 Å². The number of thioether (sulfide) groups is 1. The molecule has 5 nitrogen and oxygen atoms in total. The third-order valence-electron chi connectivity index (χ3n) is 5.49. The van der Waals surface area contributed by atoms with Crippen LogP contribution in [-0.2, 0) is 0 Å². The molecule has 1 unspecified atom stereocenters. The van der Waals surface area contributed by atoms with Gasteiger partial charge in [0.15, 0.2) is 0 Å². The maximum Gasteiger partial charge on any atom is 0.148 e. The van der Waals surface area contributed by atoms with E-state index in [-0.39, 0.29) is 5.50 Å². The van der Waals surface area contributed by atoms with Crippen LogP contribution in [-0.4, -0.2) is 28.6 Å². The highest BCUT2D eigenvalue weighted by Crippen LogP contribution is 2.44. The Balaban J connectivity index is 1.50. The lowest BCUT2D eigenvalue weighted by Crippen LogP contribution is -2.40. The molecule has 32 heavy (non-hydrogen) atoms. The van der Waals surface area contributed by atoms with E-state index in [1.807, 2.05) is 36.7 Å². The van der Waals surface area contributed by atoms with Crippen LogP contribution in [0, 0.1) is 5.92 Å². The minimum atomic E-state index is -0.156. The lowest BCUT2D eigenvalue weighted by Gasteiger charge is -2.33. The lowest BCUT2D eigenvalue weighted by molar-refractivity contribution is 0.412. The average Bonchev–Trinajstić information content (AvgIpc) is 3.22. The molecule has 1 fully saturated rings. The van der Waals surface area contributed by atoms with Crippen LogP contribution < -0.4 is 16.0 Å². The summed E-state index contributed by atoms with van der Waals surface area (Å²) in [4.78, 5) is 15.0. The summed E-state index contributed by atoms with van der Waals surface area (Å²) in [5.74, 6) is 1.45. The number of rotatable bonds is 6. The van der Waals surface area contributed by atoms with E-state index in [0.717, 1.165) is 46.6 Å². The summed E-state index contributed by atoms with van der Waals surface area (Å²) in [6.45, 7) is 2.10. The van der Waals surface area contributed by atoms with Gasteiger partial charge in [-0.25, -0.2) is 9.97 Å². The molecule has 3 N–H and O–H groups in total. The van der Waals surface area contributed by atoms with Crippen molar-refractivity contribution in [1.29, 1.82) is 0 Å². The Morgan fingerprint density at radius 1 is 0.969 bits per heavy atom. The Bertz CT molecular complexity index is 1070. The zero-order valence-electron chi connectivity index (χ0n) is 17.6. The maximum absolute atomic E-state index is 6.59. The van der Waals surface area contributed by atoms with E-state index in [1.54, 1.807) is 35.3 Å². The SMILES string of the molecule is NC1SC=C(C2CCNCC2)N1c1ncc(Sc2ccccn2)cc1Sc1ccccc1. The first-order chi connectivity index (χ1) is 15.8. The first-order valence-electron chi connectivity index (χ1n) is 10.7. The summed E-state index contributed by atoms with van der Waals surface area (Å²) in [5, 5.41) is 6.67. The molecule has 2 aliphatic rings. The molecule has 0 bridgehead atoms. The molecular weight excluding hydrogens is 455 g/mol. The minimum Gasteiger partial charge on any atom is -0.317 e. The summed E-state index contributed by atoms with van der Waals surface area (Å²) in [6.07, 6.45) is 6.02. The third kappa shape index (κ3) is 5.00. The Hall–Kier alpha value is -1.97. The number of aromatic nitrogens is 2. The van der Waals surface area contributed by atoms with Gasteiger partial charge in [0, 0.05) is 33.8 Å². The molecule has 2 aromatic heterocycles. The van der Waals surface area contributed by atoms with Crippen molar-refractivity contribution < 1.29 is 0 Å². The predicted octanol–water partition coefficient (Wildman–Crippen LogP) is 5.42. The van der Waals surface area contributed by atoms with Crippen molar-refractivity contribution in [2.45, 2.75) is 38.1 Å². The van der Waals surface area contributed by atoms with E-state index in [1.165, 1.54) is 10.6 Å². The normalized spacial score (nSPS) is 19.2. The van der Waals surface area contributed by atoms with Gasteiger partial charge in [0.05, 0.1) is 4.90 Å². The molecule has 1 aromatic carbocycles. The minimum absolute atomic E-state index is 0.156. The van der Waals surface area contributed by atoms with Crippen LogP contribution in [0.4, 0.5) is 5.82 Å². The Labute approximate surface area is 201 Å². The average molecular weight is 480 g/mol. The van der Waals surface area contributed by atoms with E-state index in [4.69, 9.17) is 10.7 Å². The van der Waals surface area contributed by atoms with Crippen LogP contribution in [0.2, 0.25) is 0 Å². The van der Waals surface area contributed by atoms with Gasteiger partial charge < -0.3 is 16.0 Å². The fourth-order valence-corrected chi connectivity index (χ4v) is 6.69. The fraction of sp³-hybridized carbons (Fsp3) is 0.250. The molecule has 3 aromatic rings. The van der Waals surface area contributed by atoms with Crippen molar-refractivity contribution >= 4 is 41.1 Å². The number of piperidine rings is 1. The number of allylic oxidation sites excluding steroid dienone is 1. The summed E-state index contributed by atoms with van der Waals surface area (Å²) in [7, 11) is 0. The Kier molecular flexibility index (Phi) is 7.04. The number of nitrogens with two attached hydrogens (primary N) is 1. The monoisotopic (exact) mass is 479 g/mol. The van der Waals surface area contributed by atoms with Crippen molar-refractivity contribution in [2.24, 2.45) is 11.7 Å². The number of anilines is 1. The molecule has 8 heteroatoms. The molecular formula is C24H25N5S3. The highest BCUT2D eigenvalue weighted by Gasteiger charge is 2.33. The molecule has 0 amide bonds. The van der Waals surface area contributed by atoms with E-state index in [2.05, 4.69) is 50.9 Å². The van der Waals surface area contributed by atoms with Gasteiger partial charge in [-0.2, -0.15) is 0 Å². The zero-order chi connectivity index (χ0) is 21.8. The summed E-state index contributed by atoms with van der Waals surface area (Å²) in [5.41, 5.74) is 7.74. The first kappa shape index (κ1) is 21.9. The number of hydrogen-bond acceptors (Lipinski definition) is 8. The molecule has 164 valence electrons. The van der Waals surface area contributed by atoms with Crippen LogP contribution in [0.1, 0.15) is 12.8 Å². The highest BCUT2D eigenvalue weighted by molar-refractivity contribution is 8.03. The molecule has 4 heterocycles. The van der Waals surface area contributed by atoms with Crippen LogP contribution in [0.25, 0.3) is 0 Å². The van der Waals surface area contributed by atoms with Gasteiger partial charge in [0.25, 0.3) is 0 Å². The first-order valence-corrected chi connectivity index (χ1v) is 13.3. The lowest BCUT2D eigenvalue weighted by atomic mass is 9.94. The van der Waals surface area contributed by atoms with E-state index in [0.29, 0.717) is 5.92 Å². The van der Waals surface area contributed by atoms with Gasteiger partial charge in [-0.3, -0.25) is 0 Å². The van der Waals surface area contributed by atoms with Crippen molar-refractivity contribution in [1.82, 2.24) is 15.3 Å². The van der Waals surface area contributed by atoms with Gasteiger partial charge >= 0.3 is 0 Å². The van der Waals surface area contributed by atoms with Crippen LogP contribution in [0.3, 0.4) is 0 Å². The number of hydrogen-bond donors (Lipinski definition) is 2. The Morgan fingerprint density at radius 3 is 2.56 bits per heavy atom. The second-order valence-electron chi connectivity index (χ2n) is 7.64. The van der Waals surface area contributed by atoms with Crippen molar-refractivity contribution in [3.8, 4) is 0 Å². The molecule has 0 saturated carbocycles. The summed E-state index contributed by atoms with van der Waals surface area (Å²) in [6, 6.07) is 18.6. The smallest absolute Gasteiger partial charge is 0.148 e. The third-order valence-corrected chi connectivity index (χ3v) is 8.29. The molecule has 2 aliphatic heterocycles. The van der Waals surface area contributed by atoms with Gasteiger partial charge in [-0.1, -0.05) is 59.6 Å². The summed E-state index contributed by atoms with van der Waals surface area (Å²) >= 11 is 5.04. The van der Waals surface area contributed by atoms with Crippen LogP contribution >= 0.6 is 35.3 Å². The largest absolute Gasteiger partial charge is 0.317 e. The van der Waals surface area contributed by atoms with Crippen molar-refractivity contribution in [3.05, 3.63) is 78.1 Å². The number of pyridine rings is 2. The van der Waals surface area contributed by atoms with Crippen LogP contribution in [0.15, 0.2) is 97.8 Å². The quantitative estimate of drug-likeness (QED) is 0.486. The molecule has 1 atom stereocenters. The standard InChI is InChI=1S/C24H25N5S3/c25-24-29(20(16-30-24)17-9-12-26-13-10-17)23-21(31-18-6-2-1-3-7-18)14-19(15-28-23)32-22-8-4-5-11-27-22/h1-8,11,14-17,24,26H,9-10,12-13,25H2. The topological polar surface area (TPSA) is 67.1 Å². The number of nitrogens with zero attached hydrogens (tertiary/aromatic N) is 3. The highest BCUT2D eigenvalue weighted by atomic mass is 32.2. The molecule has 5 rings (SSSR count).